The number of carbonyl (C=O) groups is 1. The zero-order valence-corrected chi connectivity index (χ0v) is 13.1. The van der Waals surface area contributed by atoms with Crippen molar-refractivity contribution >= 4 is 17.7 Å². The summed E-state index contributed by atoms with van der Waals surface area (Å²) in [4.78, 5) is 21.8. The highest BCUT2D eigenvalue weighted by atomic mass is 19.4. The van der Waals surface area contributed by atoms with Crippen LogP contribution in [0.25, 0.3) is 6.08 Å². The van der Waals surface area contributed by atoms with E-state index < -0.39 is 28.3 Å². The summed E-state index contributed by atoms with van der Waals surface area (Å²) in [6, 6.07) is 7.55. The van der Waals surface area contributed by atoms with Gasteiger partial charge in [0.05, 0.1) is 10.5 Å². The Bertz CT molecular complexity index is 863. The number of hydrogen-bond acceptors (Lipinski definition) is 4. The van der Waals surface area contributed by atoms with Crippen molar-refractivity contribution in [2.24, 2.45) is 0 Å². The first-order valence-electron chi connectivity index (χ1n) is 7.24. The molecule has 0 aliphatic rings. The summed E-state index contributed by atoms with van der Waals surface area (Å²) < 4.78 is 37.9. The smallest absolute Gasteiger partial charge is 0.416 e. The zero-order chi connectivity index (χ0) is 19.3. The van der Waals surface area contributed by atoms with E-state index in [-0.39, 0.29) is 23.4 Å². The summed E-state index contributed by atoms with van der Waals surface area (Å²) in [6.07, 6.45) is -2.29. The monoisotopic (exact) mass is 365 g/mol. The number of nitro benzene ring substituents is 1. The molecular formula is C17H12F3N2O4-. The maximum absolute atomic E-state index is 12.6. The highest BCUT2D eigenvalue weighted by Gasteiger charge is 2.30. The van der Waals surface area contributed by atoms with Gasteiger partial charge in [-0.2, -0.15) is 13.2 Å². The fourth-order valence-corrected chi connectivity index (χ4v) is 2.05. The van der Waals surface area contributed by atoms with Gasteiger partial charge in [-0.05, 0) is 29.3 Å². The number of carbonyl (C=O) groups excluding carboxylic acids is 1. The topological polar surface area (TPSA) is 95.3 Å². The van der Waals surface area contributed by atoms with E-state index in [9.17, 15) is 33.2 Å². The van der Waals surface area contributed by atoms with E-state index in [1.807, 2.05) is 0 Å². The maximum Gasteiger partial charge on any atom is 0.416 e. The van der Waals surface area contributed by atoms with Gasteiger partial charge in [-0.15, -0.1) is 5.75 Å². The van der Waals surface area contributed by atoms with Crippen LogP contribution in [0.5, 0.6) is 5.75 Å². The molecule has 0 bridgehead atoms. The third-order valence-corrected chi connectivity index (χ3v) is 3.35. The summed E-state index contributed by atoms with van der Waals surface area (Å²) in [7, 11) is 0. The van der Waals surface area contributed by atoms with Gasteiger partial charge >= 0.3 is 6.18 Å². The average molecular weight is 365 g/mol. The first-order chi connectivity index (χ1) is 12.2. The first-order valence-corrected chi connectivity index (χ1v) is 7.24. The Hall–Kier alpha value is -3.36. The predicted octanol–water partition coefficient (Wildman–Crippen LogP) is 3.02. The van der Waals surface area contributed by atoms with Crippen molar-refractivity contribution in [2.75, 3.05) is 0 Å². The zero-order valence-electron chi connectivity index (χ0n) is 13.1. The molecule has 0 saturated carbocycles. The minimum atomic E-state index is -4.49. The molecule has 2 aromatic carbocycles. The van der Waals surface area contributed by atoms with Crippen molar-refractivity contribution in [3.63, 3.8) is 0 Å². The normalized spacial score (nSPS) is 11.5. The van der Waals surface area contributed by atoms with Gasteiger partial charge in [0.2, 0.25) is 5.91 Å². The number of nitro groups is 1. The second kappa shape index (κ2) is 7.68. The predicted molar refractivity (Wildman–Crippen MR) is 84.9 cm³/mol. The molecular weight excluding hydrogens is 353 g/mol. The fourth-order valence-electron chi connectivity index (χ4n) is 2.05. The van der Waals surface area contributed by atoms with Crippen LogP contribution in [0.1, 0.15) is 16.7 Å². The minimum absolute atomic E-state index is 0.0278. The van der Waals surface area contributed by atoms with Gasteiger partial charge in [-0.3, -0.25) is 14.9 Å². The average Bonchev–Trinajstić information content (AvgIpc) is 2.58. The molecule has 9 heteroatoms. The lowest BCUT2D eigenvalue weighted by atomic mass is 10.1. The van der Waals surface area contributed by atoms with Gasteiger partial charge in [0.15, 0.2) is 0 Å². The molecule has 136 valence electrons. The van der Waals surface area contributed by atoms with E-state index in [4.69, 9.17) is 0 Å². The van der Waals surface area contributed by atoms with Crippen LogP contribution in [0.2, 0.25) is 0 Å². The number of halogens is 3. The number of alkyl halides is 3. The van der Waals surface area contributed by atoms with Crippen molar-refractivity contribution in [3.05, 3.63) is 75.3 Å². The molecule has 0 saturated heterocycles. The molecule has 2 rings (SSSR count). The molecule has 1 amide bonds. The van der Waals surface area contributed by atoms with Crippen LogP contribution in [0, 0.1) is 10.1 Å². The lowest BCUT2D eigenvalue weighted by Gasteiger charge is -2.12. The maximum atomic E-state index is 12.6. The SMILES string of the molecule is O=C(/C=C/c1cccc(C(F)(F)F)c1)NCc1cc([N+](=O)[O-])ccc1[O-]. The third-order valence-electron chi connectivity index (χ3n) is 3.35. The molecule has 0 aliphatic heterocycles. The molecule has 0 aromatic heterocycles. The van der Waals surface area contributed by atoms with Crippen molar-refractivity contribution in [1.82, 2.24) is 5.32 Å². The van der Waals surface area contributed by atoms with E-state index in [2.05, 4.69) is 5.32 Å². The van der Waals surface area contributed by atoms with Crippen molar-refractivity contribution in [1.29, 1.82) is 0 Å². The Kier molecular flexibility index (Phi) is 5.61. The summed E-state index contributed by atoms with van der Waals surface area (Å²) in [6.45, 7) is -0.244. The Morgan fingerprint density at radius 3 is 2.58 bits per heavy atom. The standard InChI is InChI=1S/C17H13F3N2O4/c18-17(19,20)13-3-1-2-11(8-13)4-7-16(24)21-10-12-9-14(22(25)26)5-6-15(12)23/h1-9,23H,10H2,(H,21,24)/p-1/b7-4+. The van der Waals surface area contributed by atoms with Crippen LogP contribution >= 0.6 is 0 Å². The van der Waals surface area contributed by atoms with E-state index in [0.29, 0.717) is 0 Å². The van der Waals surface area contributed by atoms with E-state index in [1.165, 1.54) is 18.2 Å². The fraction of sp³-hybridized carbons (Fsp3) is 0.118. The van der Waals surface area contributed by atoms with E-state index >= 15 is 0 Å². The van der Waals surface area contributed by atoms with Crippen molar-refractivity contribution in [2.45, 2.75) is 12.7 Å². The number of rotatable bonds is 5. The lowest BCUT2D eigenvalue weighted by Crippen LogP contribution is -2.21. The highest BCUT2D eigenvalue weighted by molar-refractivity contribution is 5.91. The molecule has 0 unspecified atom stereocenters. The Balaban J connectivity index is 2.02. The van der Waals surface area contributed by atoms with Crippen LogP contribution < -0.4 is 10.4 Å². The summed E-state index contributed by atoms with van der Waals surface area (Å²) in [5, 5.41) is 24.7. The van der Waals surface area contributed by atoms with Gasteiger partial charge in [-0.25, -0.2) is 0 Å². The van der Waals surface area contributed by atoms with E-state index in [0.717, 1.165) is 36.4 Å². The molecule has 0 aliphatic carbocycles. The molecule has 2 aromatic rings. The van der Waals surface area contributed by atoms with E-state index in [1.54, 1.807) is 0 Å². The molecule has 0 fully saturated rings. The van der Waals surface area contributed by atoms with Crippen molar-refractivity contribution in [3.8, 4) is 5.75 Å². The minimum Gasteiger partial charge on any atom is -0.872 e. The van der Waals surface area contributed by atoms with Crippen LogP contribution in [-0.4, -0.2) is 10.8 Å². The molecule has 0 atom stereocenters. The van der Waals surface area contributed by atoms with Gasteiger partial charge in [0.25, 0.3) is 5.69 Å². The number of hydrogen-bond donors (Lipinski definition) is 1. The lowest BCUT2D eigenvalue weighted by molar-refractivity contribution is -0.385. The molecule has 0 radical (unpaired) electrons. The second-order valence-electron chi connectivity index (χ2n) is 5.22. The van der Waals surface area contributed by atoms with Gasteiger partial charge in [0, 0.05) is 24.8 Å². The Labute approximate surface area is 145 Å². The van der Waals surface area contributed by atoms with Gasteiger partial charge in [-0.1, -0.05) is 18.2 Å². The third kappa shape index (κ3) is 5.07. The Morgan fingerprint density at radius 1 is 1.19 bits per heavy atom. The molecule has 1 N–H and O–H groups in total. The first kappa shape index (κ1) is 19.0. The van der Waals surface area contributed by atoms with Crippen LogP contribution in [0.4, 0.5) is 18.9 Å². The van der Waals surface area contributed by atoms with Gasteiger partial charge < -0.3 is 10.4 Å². The number of nitrogens with zero attached hydrogens (tertiary/aromatic N) is 1. The number of non-ortho nitro benzene ring substituents is 1. The van der Waals surface area contributed by atoms with Crippen molar-refractivity contribution < 1.29 is 28.0 Å². The quantitative estimate of drug-likeness (QED) is 0.500. The number of benzene rings is 2. The summed E-state index contributed by atoms with van der Waals surface area (Å²) >= 11 is 0. The second-order valence-corrected chi connectivity index (χ2v) is 5.22. The highest BCUT2D eigenvalue weighted by Crippen LogP contribution is 2.29. The van der Waals surface area contributed by atoms with Crippen LogP contribution in [-0.2, 0) is 17.5 Å². The number of nitrogens with one attached hydrogen (secondary N) is 1. The Morgan fingerprint density at radius 2 is 1.92 bits per heavy atom. The summed E-state index contributed by atoms with van der Waals surface area (Å²) in [5.41, 5.74) is -0.920. The van der Waals surface area contributed by atoms with Gasteiger partial charge in [0.1, 0.15) is 0 Å². The van der Waals surface area contributed by atoms with Crippen LogP contribution in [0.15, 0.2) is 48.5 Å². The summed E-state index contributed by atoms with van der Waals surface area (Å²) in [5.74, 6) is -1.13. The number of amides is 1. The molecule has 0 spiro atoms. The molecule has 6 nitrogen and oxygen atoms in total. The molecule has 0 heterocycles. The largest absolute Gasteiger partial charge is 0.872 e. The van der Waals surface area contributed by atoms with Crippen LogP contribution in [0.3, 0.4) is 0 Å². The molecule has 26 heavy (non-hydrogen) atoms.